The van der Waals surface area contributed by atoms with Crippen LogP contribution in [0, 0.1) is 18.6 Å². The Labute approximate surface area is 270 Å². The van der Waals surface area contributed by atoms with E-state index in [9.17, 15) is 23.5 Å². The predicted octanol–water partition coefficient (Wildman–Crippen LogP) is 4.22. The van der Waals surface area contributed by atoms with Gasteiger partial charge in [-0.1, -0.05) is 42.5 Å². The van der Waals surface area contributed by atoms with Crippen LogP contribution in [0.5, 0.6) is 5.88 Å². The molecular formula is C34H36F2N6O5. The Morgan fingerprint density at radius 2 is 1.77 bits per heavy atom. The molecule has 1 saturated heterocycles. The number of fused-ring (bicyclic) bond motifs is 1. The molecule has 47 heavy (non-hydrogen) atoms. The van der Waals surface area contributed by atoms with Crippen molar-refractivity contribution < 1.29 is 33.0 Å². The van der Waals surface area contributed by atoms with Crippen molar-refractivity contribution in [2.45, 2.75) is 25.1 Å². The number of nitrogens with zero attached hydrogens (tertiary/aromatic N) is 4. The van der Waals surface area contributed by atoms with Gasteiger partial charge in [0.1, 0.15) is 12.4 Å². The average molecular weight is 647 g/mol. The number of methoxy groups -OCH3 is 1. The number of carbonyl (C=O) groups is 2. The first-order chi connectivity index (χ1) is 22.7. The van der Waals surface area contributed by atoms with Gasteiger partial charge in [0.05, 0.1) is 30.4 Å². The van der Waals surface area contributed by atoms with Gasteiger partial charge in [0.25, 0.3) is 5.91 Å². The maximum Gasteiger partial charge on any atom is 0.320 e. The second-order valence-electron chi connectivity index (χ2n) is 11.6. The fourth-order valence-corrected chi connectivity index (χ4v) is 6.16. The van der Waals surface area contributed by atoms with Gasteiger partial charge in [-0.05, 0) is 42.8 Å². The molecule has 0 spiro atoms. The lowest BCUT2D eigenvalue weighted by Crippen LogP contribution is -2.42. The van der Waals surface area contributed by atoms with Crippen molar-refractivity contribution in [2.24, 2.45) is 0 Å². The van der Waals surface area contributed by atoms with Crippen LogP contribution in [0.1, 0.15) is 39.2 Å². The number of anilines is 1. The molecule has 1 aromatic heterocycles. The Hall–Kier alpha value is -4.85. The van der Waals surface area contributed by atoms with Crippen molar-refractivity contribution in [3.05, 3.63) is 107 Å². The summed E-state index contributed by atoms with van der Waals surface area (Å²) in [5.74, 6) is -1.83. The van der Waals surface area contributed by atoms with E-state index < -0.39 is 29.9 Å². The molecule has 1 fully saturated rings. The normalized spacial score (nSPS) is 19.2. The monoisotopic (exact) mass is 646 g/mol. The van der Waals surface area contributed by atoms with E-state index in [-0.39, 0.29) is 30.9 Å². The largest absolute Gasteiger partial charge is 0.474 e. The van der Waals surface area contributed by atoms with Gasteiger partial charge in [-0.2, -0.15) is 0 Å². The number of halogens is 2. The summed E-state index contributed by atoms with van der Waals surface area (Å²) in [7, 11) is 1.61. The number of hydrogen-bond donors (Lipinski definition) is 3. The molecule has 0 aliphatic carbocycles. The lowest BCUT2D eigenvalue weighted by molar-refractivity contribution is 0.0121. The number of para-hydroxylation sites is 1. The second kappa shape index (κ2) is 13.9. The van der Waals surface area contributed by atoms with Gasteiger partial charge in [-0.15, -0.1) is 5.10 Å². The molecule has 2 aliphatic rings. The van der Waals surface area contributed by atoms with Crippen molar-refractivity contribution in [1.82, 2.24) is 24.9 Å². The first kappa shape index (κ1) is 32.1. The Balaban J connectivity index is 1.18. The van der Waals surface area contributed by atoms with Crippen molar-refractivity contribution in [2.75, 3.05) is 51.8 Å². The lowest BCUT2D eigenvalue weighted by atomic mass is 9.94. The van der Waals surface area contributed by atoms with E-state index in [1.165, 1.54) is 11.0 Å². The number of benzene rings is 3. The van der Waals surface area contributed by atoms with Gasteiger partial charge in [0.2, 0.25) is 5.88 Å². The highest BCUT2D eigenvalue weighted by Crippen LogP contribution is 2.33. The van der Waals surface area contributed by atoms with Gasteiger partial charge in [-0.3, -0.25) is 15.0 Å². The number of hydrogen-bond acceptors (Lipinski definition) is 7. The summed E-state index contributed by atoms with van der Waals surface area (Å²) in [4.78, 5) is 29.8. The number of carbonyl (C=O) groups excluding carboxylic acids is 2. The molecule has 3 amide bonds. The first-order valence-electron chi connectivity index (χ1n) is 15.3. The number of rotatable bonds is 11. The van der Waals surface area contributed by atoms with Crippen LogP contribution in [0.4, 0.5) is 19.4 Å². The molecule has 3 heterocycles. The fraction of sp³-hybridized carbons (Fsp3) is 0.324. The SMILES string of the molecule is COCCN1CC(NC(=O)Nc2c(C)c(OCCN3C(=O)c4ccccc4C3O)nn2-c2ccccc2)C(c2ccc(F)c(F)c2)C1. The summed E-state index contributed by atoms with van der Waals surface area (Å²) in [5.41, 5.74) is 2.81. The van der Waals surface area contributed by atoms with Gasteiger partial charge in [-0.25, -0.2) is 18.3 Å². The van der Waals surface area contributed by atoms with Crippen molar-refractivity contribution >= 4 is 17.8 Å². The summed E-state index contributed by atoms with van der Waals surface area (Å²) < 4.78 is 40.7. The molecule has 3 aromatic carbocycles. The first-order valence-corrected chi connectivity index (χ1v) is 15.3. The van der Waals surface area contributed by atoms with Gasteiger partial charge in [0.15, 0.2) is 17.9 Å². The molecule has 4 aromatic rings. The summed E-state index contributed by atoms with van der Waals surface area (Å²) in [6.07, 6.45) is -1.07. The van der Waals surface area contributed by atoms with Crippen LogP contribution in [-0.2, 0) is 4.74 Å². The number of aliphatic hydroxyl groups excluding tert-OH is 1. The molecule has 3 atom stereocenters. The summed E-state index contributed by atoms with van der Waals surface area (Å²) >= 11 is 0. The summed E-state index contributed by atoms with van der Waals surface area (Å²) in [6, 6.07) is 19.0. The smallest absolute Gasteiger partial charge is 0.320 e. The zero-order chi connectivity index (χ0) is 33.1. The van der Waals surface area contributed by atoms with E-state index in [0.29, 0.717) is 60.0 Å². The lowest BCUT2D eigenvalue weighted by Gasteiger charge is -2.21. The number of aliphatic hydroxyl groups is 1. The molecule has 0 radical (unpaired) electrons. The Kier molecular flexibility index (Phi) is 9.48. The highest BCUT2D eigenvalue weighted by molar-refractivity contribution is 5.98. The van der Waals surface area contributed by atoms with Crippen LogP contribution in [0.2, 0.25) is 0 Å². The molecule has 11 nitrogen and oxygen atoms in total. The van der Waals surface area contributed by atoms with E-state index in [1.54, 1.807) is 49.0 Å². The molecule has 0 saturated carbocycles. The molecular weight excluding hydrogens is 610 g/mol. The number of amides is 3. The highest BCUT2D eigenvalue weighted by atomic mass is 19.2. The molecule has 6 rings (SSSR count). The zero-order valence-electron chi connectivity index (χ0n) is 26.0. The van der Waals surface area contributed by atoms with Crippen LogP contribution in [-0.4, -0.2) is 89.2 Å². The minimum atomic E-state index is -1.07. The van der Waals surface area contributed by atoms with E-state index in [1.807, 2.05) is 30.3 Å². The Bertz CT molecular complexity index is 1750. The van der Waals surface area contributed by atoms with Crippen molar-refractivity contribution in [3.63, 3.8) is 0 Å². The van der Waals surface area contributed by atoms with Gasteiger partial charge < -0.3 is 24.8 Å². The standard InChI is InChI=1S/C34H36F2N6O5/c1-21-30(38-34(45)37-29-20-40(14-16-46-2)19-26(29)22-12-13-27(35)28(36)18-22)42(23-8-4-3-5-9-23)39-31(21)47-17-15-41-32(43)24-10-6-7-11-25(24)33(41)44/h3-13,18,26,29,32,43H,14-17,19-20H2,1-2H3,(H2,37,38,45). The fourth-order valence-electron chi connectivity index (χ4n) is 6.16. The zero-order valence-corrected chi connectivity index (χ0v) is 26.0. The molecule has 3 unspecified atom stereocenters. The molecule has 246 valence electrons. The molecule has 0 bridgehead atoms. The average Bonchev–Trinajstić information content (AvgIpc) is 3.70. The highest BCUT2D eigenvalue weighted by Gasteiger charge is 2.36. The van der Waals surface area contributed by atoms with E-state index >= 15 is 0 Å². The third-order valence-electron chi connectivity index (χ3n) is 8.60. The molecule has 13 heteroatoms. The number of aromatic nitrogens is 2. The van der Waals surface area contributed by atoms with Gasteiger partial charge in [0, 0.05) is 43.8 Å². The summed E-state index contributed by atoms with van der Waals surface area (Å²) in [5, 5.41) is 21.3. The van der Waals surface area contributed by atoms with Crippen LogP contribution in [0.3, 0.4) is 0 Å². The van der Waals surface area contributed by atoms with Crippen LogP contribution in [0.25, 0.3) is 5.69 Å². The van der Waals surface area contributed by atoms with Crippen molar-refractivity contribution in [1.29, 1.82) is 0 Å². The van der Waals surface area contributed by atoms with E-state index in [0.717, 1.165) is 6.07 Å². The van der Waals surface area contributed by atoms with Crippen LogP contribution in [0.15, 0.2) is 72.8 Å². The Morgan fingerprint density at radius 3 is 2.51 bits per heavy atom. The maximum atomic E-state index is 14.2. The minimum Gasteiger partial charge on any atom is -0.474 e. The molecule has 3 N–H and O–H groups in total. The second-order valence-corrected chi connectivity index (χ2v) is 11.6. The van der Waals surface area contributed by atoms with Crippen LogP contribution >= 0.6 is 0 Å². The van der Waals surface area contributed by atoms with Gasteiger partial charge >= 0.3 is 6.03 Å². The number of nitrogens with one attached hydrogen (secondary N) is 2. The third-order valence-corrected chi connectivity index (χ3v) is 8.60. The Morgan fingerprint density at radius 1 is 1.00 bits per heavy atom. The van der Waals surface area contributed by atoms with E-state index in [4.69, 9.17) is 9.47 Å². The quantitative estimate of drug-likeness (QED) is 0.223. The number of ether oxygens (including phenoxy) is 2. The predicted molar refractivity (Wildman–Crippen MR) is 170 cm³/mol. The summed E-state index contributed by atoms with van der Waals surface area (Å²) in [6.45, 7) is 4.03. The third kappa shape index (κ3) is 6.68. The number of likely N-dealkylation sites (tertiary alicyclic amines) is 1. The number of urea groups is 1. The molecule has 2 aliphatic heterocycles. The van der Waals surface area contributed by atoms with Crippen LogP contribution < -0.4 is 15.4 Å². The topological polar surface area (TPSA) is 121 Å². The maximum absolute atomic E-state index is 14.2. The van der Waals surface area contributed by atoms with Crippen molar-refractivity contribution in [3.8, 4) is 11.6 Å². The van der Waals surface area contributed by atoms with E-state index in [2.05, 4.69) is 20.6 Å². The minimum absolute atomic E-state index is 0.0460.